The molecule has 2 amide bonds. The van der Waals surface area contributed by atoms with Gasteiger partial charge in [0, 0.05) is 30.6 Å². The van der Waals surface area contributed by atoms with Gasteiger partial charge in [0.05, 0.1) is 0 Å². The molecule has 2 unspecified atom stereocenters. The molecule has 0 spiro atoms. The predicted octanol–water partition coefficient (Wildman–Crippen LogP) is -0.770. The number of thioether (sulfide) groups is 1. The molecule has 1 saturated heterocycles. The number of hydrogen-bond donors (Lipinski definition) is 3. The molecule has 0 radical (unpaired) electrons. The van der Waals surface area contributed by atoms with Crippen LogP contribution in [0.2, 0.25) is 0 Å². The maximum Gasteiger partial charge on any atom is 0.352 e. The number of halogens is 1. The summed E-state index contributed by atoms with van der Waals surface area (Å²) in [5, 5.41) is 9.17. The average molecular weight is 373 g/mol. The molecule has 3 aliphatic heterocycles. The Bertz CT molecular complexity index is 690. The van der Waals surface area contributed by atoms with Crippen LogP contribution in [0.5, 0.6) is 0 Å². The average Bonchev–Trinajstić information content (AvgIpc) is 2.53. The molecule has 5 N–H and O–H groups in total. The molecule has 8 nitrogen and oxygen atoms in total. The largest absolute Gasteiger partial charge is 0.477 e. The van der Waals surface area contributed by atoms with Gasteiger partial charge in [-0.05, 0) is 11.6 Å². The number of carbonyl (C=O) groups is 3. The Hall–Kier alpha value is -1.97. The number of carbonyl (C=O) groups excluding carboxylic acids is 2. The van der Waals surface area contributed by atoms with Crippen molar-refractivity contribution in [3.8, 4) is 0 Å². The lowest BCUT2D eigenvalue weighted by Crippen LogP contribution is -2.68. The molecule has 130 valence electrons. The molecule has 0 saturated carbocycles. The van der Waals surface area contributed by atoms with Gasteiger partial charge in [0.2, 0.25) is 11.8 Å². The van der Waals surface area contributed by atoms with Crippen LogP contribution in [0.1, 0.15) is 0 Å². The lowest BCUT2D eigenvalue weighted by Gasteiger charge is -2.48. The van der Waals surface area contributed by atoms with E-state index in [9.17, 15) is 19.5 Å². The number of carboxylic acids is 1. The number of hydrogen-bond acceptors (Lipinski definition) is 6. The number of aliphatic carboxylic acids is 1. The van der Waals surface area contributed by atoms with Gasteiger partial charge in [-0.3, -0.25) is 14.5 Å². The highest BCUT2D eigenvalue weighted by molar-refractivity contribution is 8.00. The third-order valence-corrected chi connectivity index (χ3v) is 5.34. The highest BCUT2D eigenvalue weighted by atomic mass is 35.5. The quantitative estimate of drug-likeness (QED) is 0.552. The number of β-lactam (4-membered cyclic amide) rings is 1. The molecule has 0 aliphatic carbocycles. The predicted molar refractivity (Wildman–Crippen MR) is 91.0 cm³/mol. The van der Waals surface area contributed by atoms with Gasteiger partial charge in [-0.2, -0.15) is 0 Å². The van der Waals surface area contributed by atoms with Gasteiger partial charge in [0.15, 0.2) is 0 Å². The standard InChI is InChI=1S/C14H16N4O4S.ClH/c15-9-12(20)18-10(14(21)22)8(6-23-13(9)18)5-17-3-1-7(2-4-17)11(16)19;/h1-3,9,13H,4-6,15H2,(H2,16,19)(H,21,22);1H. The second kappa shape index (κ2) is 6.88. The van der Waals surface area contributed by atoms with E-state index in [1.54, 1.807) is 18.4 Å². The first-order valence-electron chi connectivity index (χ1n) is 6.98. The van der Waals surface area contributed by atoms with Crippen LogP contribution in [-0.4, -0.2) is 62.9 Å². The second-order valence-corrected chi connectivity index (χ2v) is 6.57. The number of fused-ring (bicyclic) bond motifs is 1. The number of carboxylic acid groups (broad SMARTS) is 1. The summed E-state index contributed by atoms with van der Waals surface area (Å²) in [6, 6.07) is -0.633. The maximum atomic E-state index is 11.9. The minimum atomic E-state index is -1.13. The fraction of sp³-hybridized carbons (Fsp3) is 0.357. The van der Waals surface area contributed by atoms with Crippen LogP contribution < -0.4 is 11.5 Å². The molecule has 3 aliphatic rings. The zero-order chi connectivity index (χ0) is 16.7. The highest BCUT2D eigenvalue weighted by Crippen LogP contribution is 2.39. The molecule has 2 atom stereocenters. The van der Waals surface area contributed by atoms with Crippen molar-refractivity contribution in [3.05, 3.63) is 35.2 Å². The van der Waals surface area contributed by atoms with E-state index in [1.165, 1.54) is 16.7 Å². The van der Waals surface area contributed by atoms with Gasteiger partial charge in [-0.25, -0.2) is 4.79 Å². The summed E-state index contributed by atoms with van der Waals surface area (Å²) in [5.41, 5.74) is 12.0. The Balaban J connectivity index is 0.00000208. The molecule has 0 aromatic rings. The minimum absolute atomic E-state index is 0. The van der Waals surface area contributed by atoms with Crippen LogP contribution in [0.3, 0.4) is 0 Å². The molecule has 0 aromatic heterocycles. The maximum absolute atomic E-state index is 11.9. The Morgan fingerprint density at radius 3 is 2.67 bits per heavy atom. The first-order valence-corrected chi connectivity index (χ1v) is 8.03. The Labute approximate surface area is 148 Å². The van der Waals surface area contributed by atoms with Crippen LogP contribution in [0.25, 0.3) is 0 Å². The zero-order valence-corrected chi connectivity index (χ0v) is 14.2. The molecule has 0 aromatic carbocycles. The van der Waals surface area contributed by atoms with Crippen molar-refractivity contribution in [3.63, 3.8) is 0 Å². The summed E-state index contributed by atoms with van der Waals surface area (Å²) in [5.74, 6) is -1.48. The van der Waals surface area contributed by atoms with Crippen LogP contribution in [0, 0.1) is 0 Å². The number of rotatable bonds is 4. The Morgan fingerprint density at radius 1 is 1.42 bits per heavy atom. The van der Waals surface area contributed by atoms with E-state index >= 15 is 0 Å². The lowest BCUT2D eigenvalue weighted by molar-refractivity contribution is -0.148. The van der Waals surface area contributed by atoms with E-state index in [2.05, 4.69) is 0 Å². The van der Waals surface area contributed by atoms with Gasteiger partial charge in [0.25, 0.3) is 0 Å². The van der Waals surface area contributed by atoms with E-state index in [0.717, 1.165) is 0 Å². The second-order valence-electron chi connectivity index (χ2n) is 5.46. The van der Waals surface area contributed by atoms with E-state index in [0.29, 0.717) is 30.0 Å². The van der Waals surface area contributed by atoms with Gasteiger partial charge in [-0.15, -0.1) is 24.2 Å². The first-order chi connectivity index (χ1) is 10.9. The van der Waals surface area contributed by atoms with Crippen molar-refractivity contribution in [2.45, 2.75) is 11.4 Å². The summed E-state index contributed by atoms with van der Waals surface area (Å²) in [6.07, 6.45) is 4.98. The van der Waals surface area contributed by atoms with Crippen LogP contribution in [-0.2, 0) is 14.4 Å². The molecular weight excluding hydrogens is 356 g/mol. The third-order valence-electron chi connectivity index (χ3n) is 3.98. The molecule has 10 heteroatoms. The fourth-order valence-electron chi connectivity index (χ4n) is 2.78. The van der Waals surface area contributed by atoms with Crippen molar-refractivity contribution >= 4 is 42.0 Å². The molecule has 0 bridgehead atoms. The van der Waals surface area contributed by atoms with Crippen molar-refractivity contribution in [1.29, 1.82) is 0 Å². The van der Waals surface area contributed by atoms with Gasteiger partial charge in [0.1, 0.15) is 17.1 Å². The summed E-state index contributed by atoms with van der Waals surface area (Å²) >= 11 is 1.47. The van der Waals surface area contributed by atoms with E-state index < -0.39 is 17.9 Å². The summed E-state index contributed by atoms with van der Waals surface area (Å²) in [4.78, 5) is 37.7. The van der Waals surface area contributed by atoms with Gasteiger partial charge in [-0.1, -0.05) is 6.08 Å². The molecule has 3 rings (SSSR count). The summed E-state index contributed by atoms with van der Waals surface area (Å²) in [6.45, 7) is 0.812. The Kier molecular flexibility index (Phi) is 5.26. The van der Waals surface area contributed by atoms with Crippen molar-refractivity contribution in [2.24, 2.45) is 11.5 Å². The van der Waals surface area contributed by atoms with Crippen molar-refractivity contribution in [1.82, 2.24) is 9.80 Å². The smallest absolute Gasteiger partial charge is 0.352 e. The van der Waals surface area contributed by atoms with Crippen LogP contribution in [0.4, 0.5) is 0 Å². The SMILES string of the molecule is Cl.NC(=O)C1=CCN(CC2=C(C(=O)O)N3C(=O)C(N)C3SC2)C=C1. The van der Waals surface area contributed by atoms with Crippen LogP contribution >= 0.6 is 24.2 Å². The normalized spacial score (nSPS) is 25.5. The number of primary amides is 1. The summed E-state index contributed by atoms with van der Waals surface area (Å²) < 4.78 is 0. The highest BCUT2D eigenvalue weighted by Gasteiger charge is 2.51. The van der Waals surface area contributed by atoms with Gasteiger partial charge < -0.3 is 21.5 Å². The topological polar surface area (TPSA) is 130 Å². The molecule has 3 heterocycles. The molecule has 1 fully saturated rings. The van der Waals surface area contributed by atoms with Crippen molar-refractivity contribution in [2.75, 3.05) is 18.8 Å². The molecular formula is C14H17ClN4O4S. The first kappa shape index (κ1) is 18.4. The molecule has 24 heavy (non-hydrogen) atoms. The lowest BCUT2D eigenvalue weighted by atomic mass is 10.0. The monoisotopic (exact) mass is 372 g/mol. The minimum Gasteiger partial charge on any atom is -0.477 e. The van der Waals surface area contributed by atoms with Gasteiger partial charge >= 0.3 is 5.97 Å². The van der Waals surface area contributed by atoms with E-state index in [4.69, 9.17) is 11.5 Å². The number of nitrogens with zero attached hydrogens (tertiary/aromatic N) is 2. The van der Waals surface area contributed by atoms with Crippen LogP contribution in [0.15, 0.2) is 35.2 Å². The fourth-order valence-corrected chi connectivity index (χ4v) is 4.06. The van der Waals surface area contributed by atoms with Crippen molar-refractivity contribution < 1.29 is 19.5 Å². The third kappa shape index (κ3) is 3.02. The summed E-state index contributed by atoms with van der Waals surface area (Å²) in [7, 11) is 0. The zero-order valence-electron chi connectivity index (χ0n) is 12.5. The van der Waals surface area contributed by atoms with E-state index in [1.807, 2.05) is 4.90 Å². The number of nitrogens with two attached hydrogens (primary N) is 2. The van der Waals surface area contributed by atoms with E-state index in [-0.39, 0.29) is 29.4 Å². The number of amides is 2. The Morgan fingerprint density at radius 2 is 2.12 bits per heavy atom.